The highest BCUT2D eigenvalue weighted by molar-refractivity contribution is 5.89. The summed E-state index contributed by atoms with van der Waals surface area (Å²) in [5.41, 5.74) is 0.831. The highest BCUT2D eigenvalue weighted by Gasteiger charge is 2.39. The molecular formula is C17H26N6O3. The van der Waals surface area contributed by atoms with Gasteiger partial charge in [0.1, 0.15) is 5.54 Å². The second-order valence-corrected chi connectivity index (χ2v) is 6.90. The third kappa shape index (κ3) is 4.41. The number of amides is 2. The van der Waals surface area contributed by atoms with Crippen molar-refractivity contribution in [2.75, 3.05) is 39.2 Å². The van der Waals surface area contributed by atoms with Crippen LogP contribution < -0.4 is 10.6 Å². The van der Waals surface area contributed by atoms with Crippen molar-refractivity contribution in [3.8, 4) is 0 Å². The van der Waals surface area contributed by atoms with Gasteiger partial charge in [0.15, 0.2) is 5.76 Å². The van der Waals surface area contributed by atoms with Gasteiger partial charge in [-0.15, -0.1) is 0 Å². The van der Waals surface area contributed by atoms with Gasteiger partial charge in [0.05, 0.1) is 24.1 Å². The Hall–Kier alpha value is -2.39. The molecule has 3 heterocycles. The minimum absolute atomic E-state index is 0.298. The van der Waals surface area contributed by atoms with Gasteiger partial charge >= 0.3 is 6.03 Å². The first kappa shape index (κ1) is 18.4. The van der Waals surface area contributed by atoms with E-state index in [2.05, 4.69) is 25.8 Å². The van der Waals surface area contributed by atoms with Crippen LogP contribution in [0, 0.1) is 6.92 Å². The van der Waals surface area contributed by atoms with Crippen LogP contribution in [0.1, 0.15) is 24.3 Å². The third-order valence-corrected chi connectivity index (χ3v) is 4.47. The fraction of sp³-hybridized carbons (Fsp3) is 0.588. The molecule has 0 radical (unpaired) electrons. The number of ether oxygens (including phenoxy) is 1. The average Bonchev–Trinajstić information content (AvgIpc) is 3.23. The molecule has 1 aliphatic rings. The molecule has 9 heteroatoms. The summed E-state index contributed by atoms with van der Waals surface area (Å²) in [7, 11) is 4.02. The number of carbonyl (C=O) groups excluding carboxylic acids is 1. The molecule has 26 heavy (non-hydrogen) atoms. The van der Waals surface area contributed by atoms with E-state index >= 15 is 0 Å². The van der Waals surface area contributed by atoms with E-state index < -0.39 is 5.54 Å². The van der Waals surface area contributed by atoms with Gasteiger partial charge in [-0.05, 0) is 21.0 Å². The number of nitrogens with one attached hydrogen (secondary N) is 2. The average molecular weight is 362 g/mol. The van der Waals surface area contributed by atoms with Crippen LogP contribution in [0.5, 0.6) is 0 Å². The van der Waals surface area contributed by atoms with Crippen LogP contribution in [0.3, 0.4) is 0 Å². The minimum atomic E-state index is -0.607. The van der Waals surface area contributed by atoms with Gasteiger partial charge in [0.25, 0.3) is 0 Å². The van der Waals surface area contributed by atoms with Crippen LogP contribution >= 0.6 is 0 Å². The molecule has 142 valence electrons. The lowest BCUT2D eigenvalue weighted by Gasteiger charge is -2.35. The van der Waals surface area contributed by atoms with E-state index in [1.165, 1.54) is 0 Å². The Morgan fingerprint density at radius 2 is 2.15 bits per heavy atom. The van der Waals surface area contributed by atoms with Gasteiger partial charge in [-0.3, -0.25) is 4.68 Å². The van der Waals surface area contributed by atoms with Crippen molar-refractivity contribution >= 4 is 11.7 Å². The fourth-order valence-electron chi connectivity index (χ4n) is 2.97. The minimum Gasteiger partial charge on any atom is -0.381 e. The number of likely N-dealkylation sites (N-methyl/N-ethyl adjacent to an activating group) is 1. The number of aryl methyl sites for hydroxylation is 1. The van der Waals surface area contributed by atoms with Gasteiger partial charge < -0.3 is 24.8 Å². The molecule has 0 aliphatic carbocycles. The number of carbonyl (C=O) groups is 1. The Kier molecular flexibility index (Phi) is 5.58. The third-order valence-electron chi connectivity index (χ3n) is 4.47. The van der Waals surface area contributed by atoms with E-state index in [0.29, 0.717) is 37.5 Å². The smallest absolute Gasteiger partial charge is 0.320 e. The van der Waals surface area contributed by atoms with Crippen LogP contribution in [0.4, 0.5) is 10.5 Å². The monoisotopic (exact) mass is 362 g/mol. The SMILES string of the molecule is Cc1cc(C2(NC(=O)Nc3cnn(CCN(C)C)c3)CCOCC2)on1. The summed E-state index contributed by atoms with van der Waals surface area (Å²) in [6, 6.07) is 1.57. The highest BCUT2D eigenvalue weighted by Crippen LogP contribution is 2.32. The molecule has 0 unspecified atom stereocenters. The summed E-state index contributed by atoms with van der Waals surface area (Å²) in [6.07, 6.45) is 4.73. The second-order valence-electron chi connectivity index (χ2n) is 6.90. The summed E-state index contributed by atoms with van der Waals surface area (Å²) in [4.78, 5) is 14.7. The Labute approximate surface area is 152 Å². The van der Waals surface area contributed by atoms with Crippen LogP contribution in [0.2, 0.25) is 0 Å². The zero-order valence-electron chi connectivity index (χ0n) is 15.5. The standard InChI is InChI=1S/C17H26N6O3/c1-13-10-15(26-21-13)17(4-8-25-9-5-17)20-16(24)19-14-11-18-23(12-14)7-6-22(2)3/h10-12H,4-9H2,1-3H3,(H2,19,20,24). The molecule has 1 aliphatic heterocycles. The zero-order chi connectivity index (χ0) is 18.6. The molecule has 9 nitrogen and oxygen atoms in total. The maximum atomic E-state index is 12.6. The second kappa shape index (κ2) is 7.88. The van der Waals surface area contributed by atoms with Crippen LogP contribution in [-0.2, 0) is 16.8 Å². The molecule has 1 saturated heterocycles. The lowest BCUT2D eigenvalue weighted by molar-refractivity contribution is 0.0307. The predicted molar refractivity (Wildman–Crippen MR) is 95.9 cm³/mol. The first-order valence-corrected chi connectivity index (χ1v) is 8.75. The maximum absolute atomic E-state index is 12.6. The molecule has 0 atom stereocenters. The van der Waals surface area contributed by atoms with Gasteiger partial charge in [0.2, 0.25) is 0 Å². The lowest BCUT2D eigenvalue weighted by Crippen LogP contribution is -2.50. The Balaban J connectivity index is 1.65. The molecule has 2 aromatic heterocycles. The Bertz CT molecular complexity index is 732. The maximum Gasteiger partial charge on any atom is 0.320 e. The summed E-state index contributed by atoms with van der Waals surface area (Å²) in [6.45, 7) is 4.61. The van der Waals surface area contributed by atoms with Crippen molar-refractivity contribution < 1.29 is 14.1 Å². The van der Waals surface area contributed by atoms with E-state index in [9.17, 15) is 4.79 Å². The lowest BCUT2D eigenvalue weighted by atomic mass is 9.87. The summed E-state index contributed by atoms with van der Waals surface area (Å²) in [5.74, 6) is 0.662. The molecule has 0 bridgehead atoms. The van der Waals surface area contributed by atoms with Crippen LogP contribution in [0.15, 0.2) is 23.0 Å². The first-order chi connectivity index (χ1) is 12.5. The van der Waals surface area contributed by atoms with E-state index in [1.807, 2.05) is 33.3 Å². The predicted octanol–water partition coefficient (Wildman–Crippen LogP) is 1.57. The van der Waals surface area contributed by atoms with E-state index in [0.717, 1.165) is 18.8 Å². The molecule has 3 rings (SSSR count). The number of urea groups is 1. The summed E-state index contributed by atoms with van der Waals surface area (Å²) < 4.78 is 12.7. The van der Waals surface area contributed by atoms with Gasteiger partial charge in [-0.1, -0.05) is 5.16 Å². The fourth-order valence-corrected chi connectivity index (χ4v) is 2.97. The van der Waals surface area contributed by atoms with E-state index in [4.69, 9.17) is 9.26 Å². The van der Waals surface area contributed by atoms with Gasteiger partial charge in [-0.2, -0.15) is 5.10 Å². The largest absolute Gasteiger partial charge is 0.381 e. The van der Waals surface area contributed by atoms with E-state index in [1.54, 1.807) is 10.9 Å². The molecular weight excluding hydrogens is 336 g/mol. The molecule has 2 N–H and O–H groups in total. The van der Waals surface area contributed by atoms with Crippen molar-refractivity contribution in [2.45, 2.75) is 31.8 Å². The molecule has 0 saturated carbocycles. The first-order valence-electron chi connectivity index (χ1n) is 8.75. The van der Waals surface area contributed by atoms with Crippen molar-refractivity contribution in [3.63, 3.8) is 0 Å². The number of nitrogens with zero attached hydrogens (tertiary/aromatic N) is 4. The van der Waals surface area contributed by atoms with Gasteiger partial charge in [-0.25, -0.2) is 4.79 Å². The molecule has 0 aromatic carbocycles. The van der Waals surface area contributed by atoms with Crippen molar-refractivity contribution in [1.29, 1.82) is 0 Å². The van der Waals surface area contributed by atoms with Crippen LogP contribution in [-0.4, -0.2) is 59.7 Å². The topological polar surface area (TPSA) is 97.5 Å². The van der Waals surface area contributed by atoms with Crippen molar-refractivity contribution in [3.05, 3.63) is 29.9 Å². The Morgan fingerprint density at radius 1 is 1.38 bits per heavy atom. The summed E-state index contributed by atoms with van der Waals surface area (Å²) >= 11 is 0. The number of anilines is 1. The quantitative estimate of drug-likeness (QED) is 0.809. The summed E-state index contributed by atoms with van der Waals surface area (Å²) in [5, 5.41) is 14.1. The van der Waals surface area contributed by atoms with Crippen LogP contribution in [0.25, 0.3) is 0 Å². The number of aromatic nitrogens is 3. The number of hydrogen-bond acceptors (Lipinski definition) is 6. The molecule has 1 fully saturated rings. The highest BCUT2D eigenvalue weighted by atomic mass is 16.5. The van der Waals surface area contributed by atoms with Crippen molar-refractivity contribution in [2.24, 2.45) is 0 Å². The number of rotatable bonds is 6. The van der Waals surface area contributed by atoms with E-state index in [-0.39, 0.29) is 6.03 Å². The molecule has 2 amide bonds. The molecule has 2 aromatic rings. The normalized spacial score (nSPS) is 16.6. The Morgan fingerprint density at radius 3 is 2.81 bits per heavy atom. The zero-order valence-corrected chi connectivity index (χ0v) is 15.5. The van der Waals surface area contributed by atoms with Crippen molar-refractivity contribution in [1.82, 2.24) is 25.2 Å². The number of hydrogen-bond donors (Lipinski definition) is 2. The van der Waals surface area contributed by atoms with Gasteiger partial charge in [0, 0.05) is 44.9 Å². The molecule has 0 spiro atoms.